The number of benzene rings is 1. The standard InChI is InChI=1S/C18H26N2O/c21-18(11-10-14-6-2-1-3-7-14)20-16-12-15-8-4-5-9-17(15)19-13-16/h4-5,8-9,14,16,19H,1-3,6-7,10-13H2,(H,20,21). The zero-order valence-electron chi connectivity index (χ0n) is 12.7. The van der Waals surface area contributed by atoms with Gasteiger partial charge in [-0.15, -0.1) is 0 Å². The lowest BCUT2D eigenvalue weighted by molar-refractivity contribution is -0.122. The lowest BCUT2D eigenvalue weighted by atomic mass is 9.86. The molecule has 114 valence electrons. The zero-order valence-corrected chi connectivity index (χ0v) is 12.7. The fourth-order valence-electron chi connectivity index (χ4n) is 3.65. The third kappa shape index (κ3) is 3.99. The molecule has 1 unspecified atom stereocenters. The van der Waals surface area contributed by atoms with E-state index in [1.165, 1.54) is 43.4 Å². The van der Waals surface area contributed by atoms with Gasteiger partial charge in [0.05, 0.1) is 6.04 Å². The monoisotopic (exact) mass is 286 g/mol. The van der Waals surface area contributed by atoms with E-state index in [0.717, 1.165) is 25.3 Å². The molecule has 1 fully saturated rings. The molecule has 1 aliphatic heterocycles. The predicted molar refractivity (Wildman–Crippen MR) is 86.4 cm³/mol. The van der Waals surface area contributed by atoms with Crippen molar-refractivity contribution in [3.05, 3.63) is 29.8 Å². The van der Waals surface area contributed by atoms with E-state index >= 15 is 0 Å². The maximum atomic E-state index is 12.1. The van der Waals surface area contributed by atoms with Gasteiger partial charge < -0.3 is 10.6 Å². The van der Waals surface area contributed by atoms with Gasteiger partial charge in [0, 0.05) is 18.7 Å². The molecule has 0 radical (unpaired) electrons. The van der Waals surface area contributed by atoms with Gasteiger partial charge >= 0.3 is 0 Å². The minimum atomic E-state index is 0.228. The van der Waals surface area contributed by atoms with Crippen LogP contribution in [0, 0.1) is 5.92 Å². The molecule has 3 heteroatoms. The first-order valence-electron chi connectivity index (χ1n) is 8.42. The molecule has 1 aliphatic carbocycles. The number of hydrogen-bond acceptors (Lipinski definition) is 2. The third-order valence-corrected chi connectivity index (χ3v) is 4.89. The van der Waals surface area contributed by atoms with E-state index in [1.807, 2.05) is 0 Å². The number of fused-ring (bicyclic) bond motifs is 1. The van der Waals surface area contributed by atoms with Gasteiger partial charge in [-0.05, 0) is 30.4 Å². The molecule has 21 heavy (non-hydrogen) atoms. The van der Waals surface area contributed by atoms with Crippen LogP contribution in [0.25, 0.3) is 0 Å². The first kappa shape index (κ1) is 14.4. The Balaban J connectivity index is 1.43. The number of rotatable bonds is 4. The average molecular weight is 286 g/mol. The van der Waals surface area contributed by atoms with Crippen LogP contribution in [-0.4, -0.2) is 18.5 Å². The van der Waals surface area contributed by atoms with Crippen molar-refractivity contribution in [3.63, 3.8) is 0 Å². The van der Waals surface area contributed by atoms with E-state index in [1.54, 1.807) is 0 Å². The Kier molecular flexibility index (Phi) is 4.79. The Morgan fingerprint density at radius 3 is 2.86 bits per heavy atom. The fraction of sp³-hybridized carbons (Fsp3) is 0.611. The van der Waals surface area contributed by atoms with Crippen molar-refractivity contribution < 1.29 is 4.79 Å². The molecule has 3 nitrogen and oxygen atoms in total. The van der Waals surface area contributed by atoms with Gasteiger partial charge in [0.2, 0.25) is 5.91 Å². The van der Waals surface area contributed by atoms with Crippen molar-refractivity contribution in [1.29, 1.82) is 0 Å². The van der Waals surface area contributed by atoms with E-state index in [0.29, 0.717) is 6.42 Å². The summed E-state index contributed by atoms with van der Waals surface area (Å²) >= 11 is 0. The van der Waals surface area contributed by atoms with Crippen LogP contribution in [0.4, 0.5) is 5.69 Å². The Labute approximate surface area is 127 Å². The Morgan fingerprint density at radius 1 is 1.19 bits per heavy atom. The molecule has 0 aromatic heterocycles. The van der Waals surface area contributed by atoms with E-state index < -0.39 is 0 Å². The van der Waals surface area contributed by atoms with Crippen LogP contribution in [0.15, 0.2) is 24.3 Å². The van der Waals surface area contributed by atoms with Crippen LogP contribution < -0.4 is 10.6 Å². The second-order valence-electron chi connectivity index (χ2n) is 6.55. The van der Waals surface area contributed by atoms with Crippen LogP contribution in [0.1, 0.15) is 50.5 Å². The predicted octanol–water partition coefficient (Wildman–Crippen LogP) is 3.50. The normalized spacial score (nSPS) is 22.2. The van der Waals surface area contributed by atoms with Crippen LogP contribution in [0.3, 0.4) is 0 Å². The van der Waals surface area contributed by atoms with Gasteiger partial charge in [-0.2, -0.15) is 0 Å². The maximum Gasteiger partial charge on any atom is 0.220 e. The van der Waals surface area contributed by atoms with Gasteiger partial charge in [0.15, 0.2) is 0 Å². The summed E-state index contributed by atoms with van der Waals surface area (Å²) in [6.45, 7) is 0.839. The van der Waals surface area contributed by atoms with Crippen molar-refractivity contribution in [2.75, 3.05) is 11.9 Å². The molecule has 2 N–H and O–H groups in total. The molecule has 1 saturated carbocycles. The second-order valence-corrected chi connectivity index (χ2v) is 6.55. The van der Waals surface area contributed by atoms with Crippen LogP contribution in [0.2, 0.25) is 0 Å². The van der Waals surface area contributed by atoms with E-state index in [9.17, 15) is 4.79 Å². The number of amides is 1. The summed E-state index contributed by atoms with van der Waals surface area (Å²) in [4.78, 5) is 12.1. The molecule has 2 aliphatic rings. The summed E-state index contributed by atoms with van der Waals surface area (Å²) < 4.78 is 0. The molecule has 1 amide bonds. The largest absolute Gasteiger partial charge is 0.383 e. The summed E-state index contributed by atoms with van der Waals surface area (Å²) in [7, 11) is 0. The molecular formula is C18H26N2O. The lowest BCUT2D eigenvalue weighted by Crippen LogP contribution is -2.43. The highest BCUT2D eigenvalue weighted by Crippen LogP contribution is 2.27. The van der Waals surface area contributed by atoms with Crippen LogP contribution >= 0.6 is 0 Å². The lowest BCUT2D eigenvalue weighted by Gasteiger charge is -2.27. The fourth-order valence-corrected chi connectivity index (χ4v) is 3.65. The summed E-state index contributed by atoms with van der Waals surface area (Å²) in [6, 6.07) is 8.60. The number of hydrogen-bond donors (Lipinski definition) is 2. The molecule has 1 atom stereocenters. The smallest absolute Gasteiger partial charge is 0.220 e. The molecule has 3 rings (SSSR count). The van der Waals surface area contributed by atoms with Crippen molar-refractivity contribution in [2.24, 2.45) is 5.92 Å². The summed E-state index contributed by atoms with van der Waals surface area (Å²) in [6.07, 6.45) is 9.46. The Bertz CT molecular complexity index is 480. The van der Waals surface area contributed by atoms with Crippen LogP contribution in [0.5, 0.6) is 0 Å². The van der Waals surface area contributed by atoms with Gasteiger partial charge in [-0.25, -0.2) is 0 Å². The summed E-state index contributed by atoms with van der Waals surface area (Å²) in [5.41, 5.74) is 2.52. The van der Waals surface area contributed by atoms with Crippen molar-refractivity contribution >= 4 is 11.6 Å². The number of carbonyl (C=O) groups is 1. The molecule has 0 bridgehead atoms. The highest BCUT2D eigenvalue weighted by molar-refractivity contribution is 5.76. The SMILES string of the molecule is O=C(CCC1CCCCC1)NC1CNc2ccccc2C1. The first-order valence-corrected chi connectivity index (χ1v) is 8.42. The minimum absolute atomic E-state index is 0.228. The van der Waals surface area contributed by atoms with Crippen LogP contribution in [-0.2, 0) is 11.2 Å². The van der Waals surface area contributed by atoms with E-state index in [2.05, 4.69) is 34.9 Å². The first-order chi connectivity index (χ1) is 10.3. The van der Waals surface area contributed by atoms with Crippen molar-refractivity contribution in [3.8, 4) is 0 Å². The molecule has 1 aromatic carbocycles. The highest BCUT2D eigenvalue weighted by atomic mass is 16.1. The topological polar surface area (TPSA) is 41.1 Å². The number of anilines is 1. The van der Waals surface area contributed by atoms with Crippen molar-refractivity contribution in [1.82, 2.24) is 5.32 Å². The molecule has 1 aromatic rings. The Hall–Kier alpha value is -1.51. The number of nitrogens with one attached hydrogen (secondary N) is 2. The van der Waals surface area contributed by atoms with Gasteiger partial charge in [0.25, 0.3) is 0 Å². The number of carbonyl (C=O) groups excluding carboxylic acids is 1. The molecule has 0 spiro atoms. The second kappa shape index (κ2) is 6.97. The zero-order chi connectivity index (χ0) is 14.5. The van der Waals surface area contributed by atoms with Gasteiger partial charge in [0.1, 0.15) is 0 Å². The third-order valence-electron chi connectivity index (χ3n) is 4.89. The van der Waals surface area contributed by atoms with E-state index in [-0.39, 0.29) is 11.9 Å². The molecular weight excluding hydrogens is 260 g/mol. The summed E-state index contributed by atoms with van der Waals surface area (Å²) in [5.74, 6) is 1.02. The minimum Gasteiger partial charge on any atom is -0.383 e. The number of para-hydroxylation sites is 1. The molecule has 1 heterocycles. The Morgan fingerprint density at radius 2 is 2.00 bits per heavy atom. The molecule has 0 saturated heterocycles. The summed E-state index contributed by atoms with van der Waals surface area (Å²) in [5, 5.41) is 6.61. The van der Waals surface area contributed by atoms with Crippen molar-refractivity contribution in [2.45, 2.75) is 57.4 Å². The maximum absolute atomic E-state index is 12.1. The quantitative estimate of drug-likeness (QED) is 0.889. The van der Waals surface area contributed by atoms with E-state index in [4.69, 9.17) is 0 Å². The average Bonchev–Trinajstić information content (AvgIpc) is 2.54. The highest BCUT2D eigenvalue weighted by Gasteiger charge is 2.20. The van der Waals surface area contributed by atoms with Gasteiger partial charge in [-0.1, -0.05) is 50.3 Å². The van der Waals surface area contributed by atoms with Gasteiger partial charge in [-0.3, -0.25) is 4.79 Å².